The maximum Gasteiger partial charge on any atom is 0.325 e. The molecule has 1 aromatic carbocycles. The lowest BCUT2D eigenvalue weighted by atomic mass is 9.92. The van der Waals surface area contributed by atoms with Gasteiger partial charge in [0.15, 0.2) is 5.65 Å². The van der Waals surface area contributed by atoms with E-state index >= 15 is 0 Å². The number of hydrogen-bond donors (Lipinski definition) is 2. The van der Waals surface area contributed by atoms with Crippen LogP contribution in [0.25, 0.3) is 22.4 Å². The van der Waals surface area contributed by atoms with Gasteiger partial charge in [0.2, 0.25) is 0 Å². The van der Waals surface area contributed by atoms with Gasteiger partial charge < -0.3 is 4.98 Å². The number of hydrogen-bond acceptors (Lipinski definition) is 2. The van der Waals surface area contributed by atoms with Gasteiger partial charge in [0, 0.05) is 5.56 Å². The maximum atomic E-state index is 11.3. The van der Waals surface area contributed by atoms with Gasteiger partial charge in [-0.15, -0.1) is 0 Å². The first-order valence-corrected chi connectivity index (χ1v) is 7.88. The summed E-state index contributed by atoms with van der Waals surface area (Å²) in [6, 6.07) is 10.2. The first-order valence-electron chi connectivity index (χ1n) is 7.51. The minimum absolute atomic E-state index is 0.273. The molecule has 1 aliphatic rings. The normalized spacial score (nSPS) is 16.1. The van der Waals surface area contributed by atoms with Gasteiger partial charge in [-0.25, -0.2) is 9.78 Å². The summed E-state index contributed by atoms with van der Waals surface area (Å²) in [6.45, 7) is 2.25. The average molecular weight is 314 g/mol. The monoisotopic (exact) mass is 313 g/mol. The number of nitrogens with zero attached hydrogens (tertiary/aromatic N) is 1. The predicted molar refractivity (Wildman–Crippen MR) is 88.4 cm³/mol. The number of halogens is 1. The van der Waals surface area contributed by atoms with Crippen LogP contribution in [0.15, 0.2) is 35.1 Å². The topological polar surface area (TPSA) is 61.5 Å². The molecule has 1 saturated carbocycles. The SMILES string of the molecule is CCC1(c2ccc(-c3nc4[nH]c(=O)[nH]c4cc3Cl)cc2)CC1. The molecule has 112 valence electrons. The molecule has 2 aromatic heterocycles. The van der Waals surface area contributed by atoms with E-state index in [-0.39, 0.29) is 5.69 Å². The molecule has 1 aliphatic carbocycles. The summed E-state index contributed by atoms with van der Waals surface area (Å²) in [6.07, 6.45) is 3.73. The Morgan fingerprint density at radius 2 is 1.95 bits per heavy atom. The first-order chi connectivity index (χ1) is 10.6. The summed E-state index contributed by atoms with van der Waals surface area (Å²) >= 11 is 6.32. The molecule has 0 atom stereocenters. The van der Waals surface area contributed by atoms with Crippen molar-refractivity contribution in [1.29, 1.82) is 0 Å². The number of pyridine rings is 1. The summed E-state index contributed by atoms with van der Waals surface area (Å²) in [5.74, 6) is 0. The molecular formula is C17H16ClN3O. The molecule has 2 heterocycles. The van der Waals surface area contributed by atoms with Crippen LogP contribution in [0, 0.1) is 0 Å². The molecule has 3 aromatic rings. The molecule has 22 heavy (non-hydrogen) atoms. The van der Waals surface area contributed by atoms with Crippen LogP contribution < -0.4 is 5.69 Å². The number of H-pyrrole nitrogens is 2. The number of nitrogens with one attached hydrogen (secondary N) is 2. The highest BCUT2D eigenvalue weighted by molar-refractivity contribution is 6.33. The fourth-order valence-corrected chi connectivity index (χ4v) is 3.38. The molecular weight excluding hydrogens is 298 g/mol. The zero-order chi connectivity index (χ0) is 15.3. The van der Waals surface area contributed by atoms with Crippen molar-refractivity contribution in [2.75, 3.05) is 0 Å². The second-order valence-corrected chi connectivity index (χ2v) is 6.41. The number of fused-ring (bicyclic) bond motifs is 1. The Morgan fingerprint density at radius 1 is 1.23 bits per heavy atom. The Morgan fingerprint density at radius 3 is 2.59 bits per heavy atom. The van der Waals surface area contributed by atoms with E-state index < -0.39 is 0 Å². The number of aromatic nitrogens is 3. The van der Waals surface area contributed by atoms with Gasteiger partial charge in [-0.2, -0.15) is 0 Å². The van der Waals surface area contributed by atoms with E-state index in [1.165, 1.54) is 24.8 Å². The van der Waals surface area contributed by atoms with E-state index in [9.17, 15) is 4.79 Å². The molecule has 0 unspecified atom stereocenters. The minimum Gasteiger partial charge on any atom is -0.304 e. The Labute approximate surface area is 132 Å². The van der Waals surface area contributed by atoms with Gasteiger partial charge in [0.05, 0.1) is 16.2 Å². The van der Waals surface area contributed by atoms with Crippen LogP contribution >= 0.6 is 11.6 Å². The molecule has 5 heteroatoms. The molecule has 0 aliphatic heterocycles. The lowest BCUT2D eigenvalue weighted by molar-refractivity contribution is 0.664. The highest BCUT2D eigenvalue weighted by Crippen LogP contribution is 2.51. The molecule has 4 nitrogen and oxygen atoms in total. The van der Waals surface area contributed by atoms with Crippen molar-refractivity contribution in [2.45, 2.75) is 31.6 Å². The Bertz CT molecular complexity index is 904. The van der Waals surface area contributed by atoms with Crippen LogP contribution in [0.3, 0.4) is 0 Å². The van der Waals surface area contributed by atoms with Crippen LogP contribution in [0.5, 0.6) is 0 Å². The standard InChI is InChI=1S/C17H16ClN3O/c1-2-17(7-8-17)11-5-3-10(4-6-11)14-12(18)9-13-15(20-14)21-16(22)19-13/h3-6,9H,2,7-8H2,1H3,(H2,19,20,21,22). The Kier molecular flexibility index (Phi) is 2.91. The third kappa shape index (κ3) is 2.06. The smallest absolute Gasteiger partial charge is 0.304 e. The lowest BCUT2D eigenvalue weighted by Gasteiger charge is -2.13. The van der Waals surface area contributed by atoms with Gasteiger partial charge >= 0.3 is 5.69 Å². The molecule has 1 fully saturated rings. The zero-order valence-corrected chi connectivity index (χ0v) is 13.0. The first kappa shape index (κ1) is 13.6. The van der Waals surface area contributed by atoms with E-state index in [0.29, 0.717) is 27.3 Å². The van der Waals surface area contributed by atoms with Gasteiger partial charge in [0.25, 0.3) is 0 Å². The van der Waals surface area contributed by atoms with Crippen LogP contribution in [0.4, 0.5) is 0 Å². The van der Waals surface area contributed by atoms with Gasteiger partial charge in [-0.3, -0.25) is 4.98 Å². The summed E-state index contributed by atoms with van der Waals surface area (Å²) in [7, 11) is 0. The zero-order valence-electron chi connectivity index (χ0n) is 12.2. The van der Waals surface area contributed by atoms with Crippen LogP contribution in [-0.4, -0.2) is 15.0 Å². The van der Waals surface area contributed by atoms with E-state index in [4.69, 9.17) is 11.6 Å². The van der Waals surface area contributed by atoms with E-state index in [1.807, 2.05) is 0 Å². The van der Waals surface area contributed by atoms with Crippen molar-refractivity contribution in [3.05, 3.63) is 51.4 Å². The molecule has 0 radical (unpaired) electrons. The number of rotatable bonds is 3. The molecule has 0 bridgehead atoms. The predicted octanol–water partition coefficient (Wildman–Crippen LogP) is 4.01. The molecule has 0 amide bonds. The average Bonchev–Trinajstić information content (AvgIpc) is 3.24. The van der Waals surface area contributed by atoms with Crippen LogP contribution in [0.1, 0.15) is 31.7 Å². The van der Waals surface area contributed by atoms with Gasteiger partial charge in [0.1, 0.15) is 0 Å². The van der Waals surface area contributed by atoms with E-state index in [2.05, 4.69) is 46.1 Å². The summed E-state index contributed by atoms with van der Waals surface area (Å²) in [4.78, 5) is 21.2. The second-order valence-electron chi connectivity index (χ2n) is 6.01. The quantitative estimate of drug-likeness (QED) is 0.767. The van der Waals surface area contributed by atoms with Crippen molar-refractivity contribution in [1.82, 2.24) is 15.0 Å². The Hall–Kier alpha value is -2.07. The number of benzene rings is 1. The fraction of sp³-hybridized carbons (Fsp3) is 0.294. The van der Waals surface area contributed by atoms with Crippen LogP contribution in [0.2, 0.25) is 5.02 Å². The number of imidazole rings is 1. The van der Waals surface area contributed by atoms with Crippen molar-refractivity contribution >= 4 is 22.8 Å². The van der Waals surface area contributed by atoms with Crippen molar-refractivity contribution in [3.8, 4) is 11.3 Å². The third-order valence-electron chi connectivity index (χ3n) is 4.76. The van der Waals surface area contributed by atoms with Gasteiger partial charge in [-0.05, 0) is 36.3 Å². The van der Waals surface area contributed by atoms with E-state index in [0.717, 1.165) is 5.56 Å². The van der Waals surface area contributed by atoms with Crippen molar-refractivity contribution in [3.63, 3.8) is 0 Å². The Balaban J connectivity index is 1.78. The van der Waals surface area contributed by atoms with Crippen LogP contribution in [-0.2, 0) is 5.41 Å². The van der Waals surface area contributed by atoms with Crippen molar-refractivity contribution in [2.24, 2.45) is 0 Å². The summed E-state index contributed by atoms with van der Waals surface area (Å²) < 4.78 is 0. The summed E-state index contributed by atoms with van der Waals surface area (Å²) in [5, 5.41) is 0.534. The third-order valence-corrected chi connectivity index (χ3v) is 5.05. The second kappa shape index (κ2) is 4.71. The maximum absolute atomic E-state index is 11.3. The minimum atomic E-state index is -0.273. The molecule has 4 rings (SSSR count). The summed E-state index contributed by atoms with van der Waals surface area (Å²) in [5.41, 5.74) is 4.32. The lowest BCUT2D eigenvalue weighted by Crippen LogP contribution is -2.03. The highest BCUT2D eigenvalue weighted by Gasteiger charge is 2.42. The largest absolute Gasteiger partial charge is 0.325 e. The van der Waals surface area contributed by atoms with E-state index in [1.54, 1.807) is 6.07 Å². The highest BCUT2D eigenvalue weighted by atomic mass is 35.5. The molecule has 0 saturated heterocycles. The molecule has 0 spiro atoms. The van der Waals surface area contributed by atoms with Crippen molar-refractivity contribution < 1.29 is 0 Å². The molecule has 2 N–H and O–H groups in total. The van der Waals surface area contributed by atoms with Gasteiger partial charge in [-0.1, -0.05) is 42.8 Å². The fourth-order valence-electron chi connectivity index (χ4n) is 3.12. The number of aromatic amines is 2.